The van der Waals surface area contributed by atoms with Crippen LogP contribution in [0.2, 0.25) is 0 Å². The predicted molar refractivity (Wildman–Crippen MR) is 83.0 cm³/mol. The lowest BCUT2D eigenvalue weighted by molar-refractivity contribution is 0.119. The molecule has 0 bridgehead atoms. The van der Waals surface area contributed by atoms with Crippen LogP contribution in [0.25, 0.3) is 0 Å². The highest BCUT2D eigenvalue weighted by Crippen LogP contribution is 2.32. The van der Waals surface area contributed by atoms with Crippen LogP contribution in [0.15, 0.2) is 28.7 Å². The van der Waals surface area contributed by atoms with Crippen molar-refractivity contribution < 1.29 is 4.74 Å². The molecule has 4 heteroatoms. The summed E-state index contributed by atoms with van der Waals surface area (Å²) < 4.78 is 6.62. The zero-order valence-electron chi connectivity index (χ0n) is 10.6. The van der Waals surface area contributed by atoms with Gasteiger partial charge in [-0.2, -0.15) is 0 Å². The van der Waals surface area contributed by atoms with E-state index in [-0.39, 0.29) is 5.41 Å². The average Bonchev–Trinajstić information content (AvgIpc) is 2.41. The van der Waals surface area contributed by atoms with Crippen molar-refractivity contribution in [3.05, 3.63) is 34.3 Å². The quantitative estimate of drug-likeness (QED) is 0.473. The van der Waals surface area contributed by atoms with Crippen molar-refractivity contribution >= 4 is 39.1 Å². The van der Waals surface area contributed by atoms with E-state index in [9.17, 15) is 0 Å². The summed E-state index contributed by atoms with van der Waals surface area (Å²) >= 11 is 15.8. The van der Waals surface area contributed by atoms with Crippen LogP contribution >= 0.6 is 39.1 Å². The third-order valence-corrected chi connectivity index (χ3v) is 4.59. The maximum atomic E-state index is 6.16. The molecular formula is C14H19BrCl2O. The van der Waals surface area contributed by atoms with Crippen LogP contribution < -0.4 is 0 Å². The summed E-state index contributed by atoms with van der Waals surface area (Å²) in [6, 6.07) is 8.20. The molecule has 1 rings (SSSR count). The molecule has 0 amide bonds. The van der Waals surface area contributed by atoms with Gasteiger partial charge in [-0.3, -0.25) is 0 Å². The van der Waals surface area contributed by atoms with Crippen LogP contribution in [0.5, 0.6) is 0 Å². The molecule has 0 aromatic heterocycles. The van der Waals surface area contributed by atoms with Gasteiger partial charge in [0.15, 0.2) is 0 Å². The summed E-state index contributed by atoms with van der Waals surface area (Å²) in [5.41, 5.74) is 0.980. The minimum absolute atomic E-state index is 0.197. The Bertz CT molecular complexity index is 336. The van der Waals surface area contributed by atoms with Gasteiger partial charge in [0, 0.05) is 34.9 Å². The lowest BCUT2D eigenvalue weighted by atomic mass is 9.81. The van der Waals surface area contributed by atoms with E-state index in [1.54, 1.807) is 0 Å². The molecule has 0 saturated heterocycles. The minimum atomic E-state index is -0.197. The molecule has 0 aliphatic carbocycles. The van der Waals surface area contributed by atoms with Gasteiger partial charge in [0.2, 0.25) is 0 Å². The van der Waals surface area contributed by atoms with Crippen molar-refractivity contribution in [2.24, 2.45) is 0 Å². The molecular weight excluding hydrogens is 335 g/mol. The van der Waals surface area contributed by atoms with E-state index in [0.29, 0.717) is 18.4 Å². The topological polar surface area (TPSA) is 9.23 Å². The number of alkyl halides is 2. The van der Waals surface area contributed by atoms with Crippen LogP contribution in [0.4, 0.5) is 0 Å². The molecule has 102 valence electrons. The highest BCUT2D eigenvalue weighted by atomic mass is 79.9. The van der Waals surface area contributed by atoms with E-state index in [4.69, 9.17) is 27.9 Å². The summed E-state index contributed by atoms with van der Waals surface area (Å²) in [6.45, 7) is 3.59. The van der Waals surface area contributed by atoms with E-state index < -0.39 is 0 Å². The normalized spacial score (nSPS) is 11.8. The monoisotopic (exact) mass is 352 g/mol. The fraction of sp³-hybridized carbons (Fsp3) is 0.571. The van der Waals surface area contributed by atoms with Gasteiger partial charge in [-0.05, 0) is 30.5 Å². The van der Waals surface area contributed by atoms with Crippen LogP contribution in [-0.4, -0.2) is 25.0 Å². The highest BCUT2D eigenvalue weighted by Gasteiger charge is 2.30. The fourth-order valence-electron chi connectivity index (χ4n) is 1.79. The summed E-state index contributed by atoms with van der Waals surface area (Å²) in [5, 5.41) is 0. The average molecular weight is 354 g/mol. The molecule has 0 atom stereocenters. The minimum Gasteiger partial charge on any atom is -0.381 e. The summed E-state index contributed by atoms with van der Waals surface area (Å²) in [6.07, 6.45) is 1.88. The fourth-order valence-corrected chi connectivity index (χ4v) is 2.91. The first-order valence-electron chi connectivity index (χ1n) is 6.14. The van der Waals surface area contributed by atoms with Crippen molar-refractivity contribution in [2.75, 3.05) is 25.0 Å². The predicted octanol–water partition coefficient (Wildman–Crippen LogP) is 4.98. The van der Waals surface area contributed by atoms with Crippen molar-refractivity contribution in [1.29, 1.82) is 0 Å². The van der Waals surface area contributed by atoms with E-state index in [2.05, 4.69) is 35.0 Å². The number of hydrogen-bond acceptors (Lipinski definition) is 1. The molecule has 0 heterocycles. The molecule has 0 radical (unpaired) electrons. The molecule has 0 N–H and O–H groups in total. The first-order valence-corrected chi connectivity index (χ1v) is 8.00. The molecule has 0 aliphatic rings. The molecule has 0 saturated carbocycles. The molecule has 1 aromatic carbocycles. The van der Waals surface area contributed by atoms with Crippen molar-refractivity contribution in [3.63, 3.8) is 0 Å². The Morgan fingerprint density at radius 1 is 1.11 bits per heavy atom. The lowest BCUT2D eigenvalue weighted by Crippen LogP contribution is -2.32. The van der Waals surface area contributed by atoms with Gasteiger partial charge in [0.05, 0.1) is 0 Å². The Labute approximate surface area is 128 Å². The largest absolute Gasteiger partial charge is 0.381 e. The number of rotatable bonds is 8. The summed E-state index contributed by atoms with van der Waals surface area (Å²) in [7, 11) is 0. The van der Waals surface area contributed by atoms with Crippen LogP contribution in [0, 0.1) is 0 Å². The molecule has 0 spiro atoms. The van der Waals surface area contributed by atoms with Crippen LogP contribution in [0.1, 0.15) is 25.3 Å². The van der Waals surface area contributed by atoms with E-state index in [1.165, 1.54) is 5.56 Å². The molecule has 1 nitrogen and oxygen atoms in total. The van der Waals surface area contributed by atoms with E-state index in [1.807, 2.05) is 12.1 Å². The first kappa shape index (κ1) is 16.3. The zero-order valence-corrected chi connectivity index (χ0v) is 13.7. The Morgan fingerprint density at radius 3 is 2.22 bits per heavy atom. The number of ether oxygens (including phenoxy) is 1. The van der Waals surface area contributed by atoms with Gasteiger partial charge in [0.25, 0.3) is 0 Å². The van der Waals surface area contributed by atoms with Gasteiger partial charge in [-0.25, -0.2) is 0 Å². The second-order valence-corrected chi connectivity index (χ2v) is 5.87. The summed E-state index contributed by atoms with van der Waals surface area (Å²) in [5.74, 6) is 1.02. The lowest BCUT2D eigenvalue weighted by Gasteiger charge is -2.30. The molecule has 0 aliphatic heterocycles. The second-order valence-electron chi connectivity index (χ2n) is 4.42. The van der Waals surface area contributed by atoms with Gasteiger partial charge in [0.1, 0.15) is 0 Å². The van der Waals surface area contributed by atoms with Crippen molar-refractivity contribution in [3.8, 4) is 0 Å². The summed E-state index contributed by atoms with van der Waals surface area (Å²) in [4.78, 5) is 0. The first-order chi connectivity index (χ1) is 8.68. The third kappa shape index (κ3) is 4.41. The van der Waals surface area contributed by atoms with Gasteiger partial charge < -0.3 is 4.74 Å². The smallest absolute Gasteiger partial charge is 0.0475 e. The Kier molecular flexibility index (Phi) is 7.62. The molecule has 18 heavy (non-hydrogen) atoms. The number of halogens is 3. The standard InChI is InChI=1S/C14H19BrCl2O/c1-2-8-18-9-7-14(10-16,11-17)12-3-5-13(15)6-4-12/h3-6H,2,7-11H2,1H3. The maximum absolute atomic E-state index is 6.16. The van der Waals surface area contributed by atoms with Gasteiger partial charge >= 0.3 is 0 Å². The van der Waals surface area contributed by atoms with Crippen LogP contribution in [0.3, 0.4) is 0 Å². The third-order valence-electron chi connectivity index (χ3n) is 3.04. The van der Waals surface area contributed by atoms with Crippen molar-refractivity contribution in [2.45, 2.75) is 25.2 Å². The highest BCUT2D eigenvalue weighted by molar-refractivity contribution is 9.10. The molecule has 0 unspecified atom stereocenters. The zero-order chi connectivity index (χ0) is 13.4. The van der Waals surface area contributed by atoms with Crippen LogP contribution in [-0.2, 0) is 10.2 Å². The van der Waals surface area contributed by atoms with Crippen molar-refractivity contribution in [1.82, 2.24) is 0 Å². The Balaban J connectivity index is 2.75. The number of hydrogen-bond donors (Lipinski definition) is 0. The van der Waals surface area contributed by atoms with E-state index in [0.717, 1.165) is 23.9 Å². The Hall–Kier alpha value is 0.240. The Morgan fingerprint density at radius 2 is 1.72 bits per heavy atom. The van der Waals surface area contributed by atoms with Gasteiger partial charge in [-0.15, -0.1) is 23.2 Å². The molecule has 0 fully saturated rings. The number of benzene rings is 1. The van der Waals surface area contributed by atoms with E-state index >= 15 is 0 Å². The second kappa shape index (κ2) is 8.42. The van der Waals surface area contributed by atoms with Gasteiger partial charge in [-0.1, -0.05) is 35.0 Å². The SMILES string of the molecule is CCCOCCC(CCl)(CCl)c1ccc(Br)cc1. The maximum Gasteiger partial charge on any atom is 0.0475 e. The molecule has 1 aromatic rings.